The molecule has 3 heteroatoms. The fourth-order valence-corrected chi connectivity index (χ4v) is 6.52. The van der Waals surface area contributed by atoms with Gasteiger partial charge in [-0.2, -0.15) is 0 Å². The summed E-state index contributed by atoms with van der Waals surface area (Å²) in [6.07, 6.45) is 0. The van der Waals surface area contributed by atoms with E-state index in [2.05, 4.69) is 132 Å². The van der Waals surface area contributed by atoms with Crippen molar-refractivity contribution < 1.29 is 8.83 Å². The van der Waals surface area contributed by atoms with Crippen molar-refractivity contribution >= 4 is 71.7 Å². The predicted molar refractivity (Wildman–Crippen MR) is 179 cm³/mol. The molecule has 0 aliphatic rings. The van der Waals surface area contributed by atoms with Crippen LogP contribution in [0.1, 0.15) is 0 Å². The van der Waals surface area contributed by atoms with E-state index in [1.807, 2.05) is 24.3 Å². The summed E-state index contributed by atoms with van der Waals surface area (Å²) >= 11 is 0. The van der Waals surface area contributed by atoms with E-state index < -0.39 is 0 Å². The summed E-state index contributed by atoms with van der Waals surface area (Å²) in [5.74, 6) is 0. The van der Waals surface area contributed by atoms with Gasteiger partial charge in [0.05, 0.1) is 0 Å². The fraction of sp³-hybridized carbons (Fsp3) is 0. The SMILES string of the molecule is c1ccc(N(c2ccccc2)c2ccc(-c3cc4oc5ccc6ccccc6c5c4c4c3oc3ccccc34)cc2)cc1. The second-order valence-electron chi connectivity index (χ2n) is 10.9. The molecular formula is C40H25NO2. The molecule has 0 atom stereocenters. The van der Waals surface area contributed by atoms with Crippen molar-refractivity contribution in [2.24, 2.45) is 0 Å². The van der Waals surface area contributed by atoms with Gasteiger partial charge in [-0.15, -0.1) is 0 Å². The van der Waals surface area contributed by atoms with Gasteiger partial charge in [0.15, 0.2) is 0 Å². The zero-order valence-electron chi connectivity index (χ0n) is 23.2. The minimum atomic E-state index is 0.861. The fourth-order valence-electron chi connectivity index (χ4n) is 6.52. The number of furan rings is 2. The first-order valence-corrected chi connectivity index (χ1v) is 14.5. The third kappa shape index (κ3) is 3.68. The van der Waals surface area contributed by atoms with Crippen LogP contribution in [0.5, 0.6) is 0 Å². The van der Waals surface area contributed by atoms with Gasteiger partial charge in [0.25, 0.3) is 0 Å². The smallest absolute Gasteiger partial charge is 0.144 e. The summed E-state index contributed by atoms with van der Waals surface area (Å²) in [5, 5.41) is 6.80. The Morgan fingerprint density at radius 1 is 0.395 bits per heavy atom. The number of nitrogens with zero attached hydrogens (tertiary/aromatic N) is 1. The molecule has 0 aliphatic carbocycles. The van der Waals surface area contributed by atoms with Crippen molar-refractivity contribution in [1.29, 1.82) is 0 Å². The molecule has 7 aromatic carbocycles. The highest BCUT2D eigenvalue weighted by Gasteiger charge is 2.22. The minimum absolute atomic E-state index is 0.861. The maximum absolute atomic E-state index is 6.64. The lowest BCUT2D eigenvalue weighted by Gasteiger charge is -2.25. The van der Waals surface area contributed by atoms with Crippen LogP contribution in [0.15, 0.2) is 160 Å². The Morgan fingerprint density at radius 3 is 1.77 bits per heavy atom. The maximum atomic E-state index is 6.64. The Kier molecular flexibility index (Phi) is 5.20. The lowest BCUT2D eigenvalue weighted by Crippen LogP contribution is -2.09. The Hall–Kier alpha value is -5.80. The summed E-state index contributed by atoms with van der Waals surface area (Å²) in [4.78, 5) is 2.27. The van der Waals surface area contributed by atoms with Crippen LogP contribution >= 0.6 is 0 Å². The van der Waals surface area contributed by atoms with Crippen molar-refractivity contribution in [2.45, 2.75) is 0 Å². The van der Waals surface area contributed by atoms with E-state index in [9.17, 15) is 0 Å². The van der Waals surface area contributed by atoms with E-state index in [1.165, 1.54) is 10.8 Å². The topological polar surface area (TPSA) is 29.5 Å². The summed E-state index contributed by atoms with van der Waals surface area (Å²) in [7, 11) is 0. The molecule has 202 valence electrons. The molecule has 9 aromatic rings. The molecule has 0 radical (unpaired) electrons. The average molecular weight is 552 g/mol. The molecule has 2 aromatic heterocycles. The molecular weight excluding hydrogens is 526 g/mol. The molecule has 0 fully saturated rings. The molecule has 9 rings (SSSR count). The maximum Gasteiger partial charge on any atom is 0.144 e. The molecule has 0 amide bonds. The molecule has 0 N–H and O–H groups in total. The molecule has 0 bridgehead atoms. The normalized spacial score (nSPS) is 11.7. The van der Waals surface area contributed by atoms with E-state index in [-0.39, 0.29) is 0 Å². The number of hydrogen-bond acceptors (Lipinski definition) is 3. The third-order valence-electron chi connectivity index (χ3n) is 8.44. The van der Waals surface area contributed by atoms with Crippen molar-refractivity contribution in [2.75, 3.05) is 4.90 Å². The van der Waals surface area contributed by atoms with Gasteiger partial charge in [-0.3, -0.25) is 0 Å². The molecule has 2 heterocycles. The number of para-hydroxylation sites is 3. The first-order chi connectivity index (χ1) is 21.3. The van der Waals surface area contributed by atoms with Gasteiger partial charge in [0, 0.05) is 44.2 Å². The second-order valence-corrected chi connectivity index (χ2v) is 10.9. The van der Waals surface area contributed by atoms with Crippen LogP contribution in [0.3, 0.4) is 0 Å². The lowest BCUT2D eigenvalue weighted by atomic mass is 9.96. The van der Waals surface area contributed by atoms with Crippen molar-refractivity contribution in [3.63, 3.8) is 0 Å². The van der Waals surface area contributed by atoms with Crippen LogP contribution in [0.4, 0.5) is 17.1 Å². The van der Waals surface area contributed by atoms with Crippen molar-refractivity contribution in [1.82, 2.24) is 0 Å². The Labute approximate surface area is 247 Å². The molecule has 0 unspecified atom stereocenters. The van der Waals surface area contributed by atoms with Gasteiger partial charge in [0.2, 0.25) is 0 Å². The average Bonchev–Trinajstić information content (AvgIpc) is 3.64. The summed E-state index contributed by atoms with van der Waals surface area (Å²) in [6.45, 7) is 0. The number of hydrogen-bond donors (Lipinski definition) is 0. The van der Waals surface area contributed by atoms with Crippen LogP contribution in [-0.4, -0.2) is 0 Å². The predicted octanol–water partition coefficient (Wildman–Crippen LogP) is 11.8. The van der Waals surface area contributed by atoms with Crippen LogP contribution in [-0.2, 0) is 0 Å². The van der Waals surface area contributed by atoms with Crippen LogP contribution in [0.2, 0.25) is 0 Å². The quantitative estimate of drug-likeness (QED) is 0.218. The monoisotopic (exact) mass is 551 g/mol. The Morgan fingerprint density at radius 2 is 1.02 bits per heavy atom. The van der Waals surface area contributed by atoms with Gasteiger partial charge < -0.3 is 13.7 Å². The standard InChI is InChI=1S/C40H25NO2/c1-3-12-28(13-4-1)41(29-14-5-2-6-15-29)30-22-19-27(20-23-30)33-25-36-39(38-32-17-9-10-18-34(32)43-40(33)38)37-31-16-8-7-11-26(31)21-24-35(37)42-36/h1-25H. The first-order valence-electron chi connectivity index (χ1n) is 14.5. The summed E-state index contributed by atoms with van der Waals surface area (Å²) in [5.41, 5.74) is 8.87. The van der Waals surface area contributed by atoms with E-state index in [0.29, 0.717) is 0 Å². The van der Waals surface area contributed by atoms with E-state index >= 15 is 0 Å². The van der Waals surface area contributed by atoms with Crippen LogP contribution in [0.25, 0.3) is 65.8 Å². The van der Waals surface area contributed by atoms with E-state index in [1.54, 1.807) is 0 Å². The highest BCUT2D eigenvalue weighted by molar-refractivity contribution is 6.32. The number of benzene rings is 7. The minimum Gasteiger partial charge on any atom is -0.456 e. The second kappa shape index (κ2) is 9.37. The van der Waals surface area contributed by atoms with Gasteiger partial charge in [-0.05, 0) is 70.9 Å². The van der Waals surface area contributed by atoms with Gasteiger partial charge in [-0.1, -0.05) is 97.1 Å². The molecule has 0 saturated heterocycles. The van der Waals surface area contributed by atoms with Gasteiger partial charge in [0.1, 0.15) is 22.3 Å². The van der Waals surface area contributed by atoms with Crippen LogP contribution < -0.4 is 4.90 Å². The summed E-state index contributed by atoms with van der Waals surface area (Å²) < 4.78 is 13.2. The largest absolute Gasteiger partial charge is 0.456 e. The summed E-state index contributed by atoms with van der Waals surface area (Å²) in [6, 6.07) is 52.8. The zero-order chi connectivity index (χ0) is 28.3. The molecule has 3 nitrogen and oxygen atoms in total. The molecule has 0 aliphatic heterocycles. The van der Waals surface area contributed by atoms with Crippen molar-refractivity contribution in [3.05, 3.63) is 152 Å². The lowest BCUT2D eigenvalue weighted by molar-refractivity contribution is 0.664. The zero-order valence-corrected chi connectivity index (χ0v) is 23.2. The number of anilines is 3. The van der Waals surface area contributed by atoms with Crippen LogP contribution in [0, 0.1) is 0 Å². The number of fused-ring (bicyclic) bond motifs is 9. The third-order valence-corrected chi connectivity index (χ3v) is 8.44. The number of rotatable bonds is 4. The van der Waals surface area contributed by atoms with Gasteiger partial charge in [-0.25, -0.2) is 0 Å². The van der Waals surface area contributed by atoms with E-state index in [4.69, 9.17) is 8.83 Å². The van der Waals surface area contributed by atoms with Gasteiger partial charge >= 0.3 is 0 Å². The first kappa shape index (κ1) is 23.9. The highest BCUT2D eigenvalue weighted by Crippen LogP contribution is 2.46. The molecule has 0 spiro atoms. The van der Waals surface area contributed by atoms with E-state index in [0.717, 1.165) is 72.1 Å². The molecule has 0 saturated carbocycles. The molecule has 43 heavy (non-hydrogen) atoms. The highest BCUT2D eigenvalue weighted by atomic mass is 16.3. The Bertz CT molecular complexity index is 2400. The van der Waals surface area contributed by atoms with Crippen molar-refractivity contribution in [3.8, 4) is 11.1 Å². The Balaban J connectivity index is 1.29.